The number of nitrogens with one attached hydrogen (secondary N) is 2. The Hall–Kier alpha value is -2.90. The minimum absolute atomic E-state index is 0.0652. The van der Waals surface area contributed by atoms with Crippen LogP contribution < -0.4 is 10.6 Å². The number of rotatable bonds is 11. The molecule has 62 heavy (non-hydrogen) atoms. The highest BCUT2D eigenvalue weighted by atomic mass is 32.2. The second-order valence-electron chi connectivity index (χ2n) is 20.3. The normalized spacial score (nSPS) is 18.4. The molecule has 0 saturated heterocycles. The third kappa shape index (κ3) is 11.5. The average molecular weight is 949 g/mol. The summed E-state index contributed by atoms with van der Waals surface area (Å²) in [5.41, 5.74) is 0.557. The predicted molar refractivity (Wildman–Crippen MR) is 246 cm³/mol. The summed E-state index contributed by atoms with van der Waals surface area (Å²) in [5.74, 6) is -1.37. The molecular weight excluding hydrogens is 877 g/mol. The number of hydrogen-bond acceptors (Lipinski definition) is 13. The van der Waals surface area contributed by atoms with E-state index in [0.717, 1.165) is 55.5 Å². The fourth-order valence-electron chi connectivity index (χ4n) is 7.80. The Bertz CT molecular complexity index is 2230. The van der Waals surface area contributed by atoms with Crippen LogP contribution in [0.1, 0.15) is 183 Å². The van der Waals surface area contributed by atoms with Gasteiger partial charge in [-0.15, -0.1) is 11.3 Å². The fraction of sp³-hybridized carbons (Fsp3) is 0.791. The summed E-state index contributed by atoms with van der Waals surface area (Å²) in [7, 11) is -10.6. The molecule has 2 aromatic rings. The van der Waals surface area contributed by atoms with Gasteiger partial charge < -0.3 is 20.3 Å². The number of aryl methyl sites for hydroxylation is 1. The van der Waals surface area contributed by atoms with Gasteiger partial charge in [-0.25, -0.2) is 30.2 Å². The zero-order valence-electron chi connectivity index (χ0n) is 39.1. The molecule has 2 amide bonds. The Morgan fingerprint density at radius 1 is 0.742 bits per heavy atom. The van der Waals surface area contributed by atoms with Crippen LogP contribution in [0.15, 0.2) is 10.6 Å². The molecule has 0 bridgehead atoms. The molecule has 0 unspecified atom stereocenters. The van der Waals surface area contributed by atoms with Gasteiger partial charge in [0.2, 0.25) is 11.8 Å². The summed E-state index contributed by atoms with van der Waals surface area (Å²) in [4.78, 5) is 41.7. The molecule has 354 valence electrons. The zero-order valence-corrected chi connectivity index (χ0v) is 42.3. The van der Waals surface area contributed by atoms with Gasteiger partial charge in [0.15, 0.2) is 45.2 Å². The first-order valence-corrected chi connectivity index (χ1v) is 27.1. The van der Waals surface area contributed by atoms with Crippen LogP contribution in [0.4, 0.5) is 10.9 Å². The smallest absolute Gasteiger partial charge is 0.325 e. The van der Waals surface area contributed by atoms with Crippen LogP contribution in [-0.4, -0.2) is 88.3 Å². The van der Waals surface area contributed by atoms with Crippen LogP contribution in [0.25, 0.3) is 0 Å². The summed E-state index contributed by atoms with van der Waals surface area (Å²) in [6, 6.07) is 1.64. The van der Waals surface area contributed by atoms with Crippen molar-refractivity contribution in [3.63, 3.8) is 0 Å². The highest BCUT2D eigenvalue weighted by Gasteiger charge is 2.58. The number of hydrogen-bond donors (Lipinski definition) is 3. The van der Waals surface area contributed by atoms with Crippen molar-refractivity contribution in [2.75, 3.05) is 10.6 Å². The first-order chi connectivity index (χ1) is 28.2. The number of sulfone groups is 3. The molecule has 2 aromatic heterocycles. The quantitative estimate of drug-likeness (QED) is 0.192. The lowest BCUT2D eigenvalue weighted by molar-refractivity contribution is -0.142. The first-order valence-electron chi connectivity index (χ1n) is 21.7. The van der Waals surface area contributed by atoms with Crippen molar-refractivity contribution in [3.05, 3.63) is 22.4 Å². The monoisotopic (exact) mass is 948 g/mol. The van der Waals surface area contributed by atoms with Crippen LogP contribution in [0.2, 0.25) is 0 Å². The second kappa shape index (κ2) is 19.7. The zero-order chi connectivity index (χ0) is 47.5. The largest absolute Gasteiger partial charge is 0.480 e. The number of carboxylic acids is 1. The second-order valence-corrected chi connectivity index (χ2v) is 29.7. The van der Waals surface area contributed by atoms with Gasteiger partial charge in [0.1, 0.15) is 15.3 Å². The number of nitrogens with zero attached hydrogens (tertiary/aromatic N) is 2. The Labute approximate surface area is 374 Å². The van der Waals surface area contributed by atoms with Crippen molar-refractivity contribution in [2.45, 2.75) is 214 Å². The van der Waals surface area contributed by atoms with Gasteiger partial charge in [-0.2, -0.15) is 0 Å². The van der Waals surface area contributed by atoms with Gasteiger partial charge in [-0.3, -0.25) is 14.4 Å². The highest BCUT2D eigenvalue weighted by Crippen LogP contribution is 2.44. The molecule has 0 aromatic carbocycles. The molecule has 3 aliphatic rings. The molecule has 15 nitrogen and oxygen atoms in total. The summed E-state index contributed by atoms with van der Waals surface area (Å²) >= 11 is 1.39. The summed E-state index contributed by atoms with van der Waals surface area (Å²) < 4.78 is 76.0. The minimum Gasteiger partial charge on any atom is -0.480 e. The standard InChI is InChI=1S/C17H28N2O4S.C15H26N2O3S2.C11H18O4S/c1-16(2,3)13-11-14(19-23-13)18-15(20)17(4,5)24(21,22)12-9-7-6-8-10-12;1-9(2)22(19,20)15(7,8)12(18)17-13-16-10(3)11(21-13)14(4,5)6;12-10(13)11(7-4-8-11)16(14,15)9-5-2-1-3-6-9/h11-12H,6-10H2,1-5H3,(H,18,19,20);9H,1-8H3,(H,16,17,18);9H,1-8H2,(H,12,13). The topological polar surface area (TPSA) is 237 Å². The van der Waals surface area contributed by atoms with Gasteiger partial charge in [0.25, 0.3) is 0 Å². The van der Waals surface area contributed by atoms with E-state index in [1.54, 1.807) is 19.9 Å². The maximum Gasteiger partial charge on any atom is 0.325 e. The van der Waals surface area contributed by atoms with E-state index in [-0.39, 0.29) is 16.6 Å². The Balaban J connectivity index is 0.000000252. The maximum absolute atomic E-state index is 12.9. The summed E-state index contributed by atoms with van der Waals surface area (Å²) in [6.07, 6.45) is 9.68. The van der Waals surface area contributed by atoms with Crippen molar-refractivity contribution in [1.29, 1.82) is 0 Å². The number of carbonyl (C=O) groups is 3. The van der Waals surface area contributed by atoms with E-state index < -0.39 is 77.3 Å². The third-order valence-corrected chi connectivity index (χ3v) is 22.7. The molecule has 19 heteroatoms. The Morgan fingerprint density at radius 2 is 1.23 bits per heavy atom. The van der Waals surface area contributed by atoms with E-state index in [1.807, 2.05) is 27.7 Å². The summed E-state index contributed by atoms with van der Waals surface area (Å²) in [5, 5.41) is 17.3. The first kappa shape index (κ1) is 53.4. The van der Waals surface area contributed by atoms with Gasteiger partial charge in [0.05, 0.1) is 21.4 Å². The average Bonchev–Trinajstić information content (AvgIpc) is 3.78. The van der Waals surface area contributed by atoms with Crippen LogP contribution in [0, 0.1) is 6.92 Å². The van der Waals surface area contributed by atoms with E-state index in [2.05, 4.69) is 41.5 Å². The van der Waals surface area contributed by atoms with Gasteiger partial charge in [-0.05, 0) is 98.8 Å². The van der Waals surface area contributed by atoms with Gasteiger partial charge in [0, 0.05) is 16.4 Å². The Morgan fingerprint density at radius 3 is 1.61 bits per heavy atom. The molecule has 3 fully saturated rings. The van der Waals surface area contributed by atoms with Crippen molar-refractivity contribution in [1.82, 2.24) is 10.1 Å². The molecule has 5 rings (SSSR count). The fourth-order valence-corrected chi connectivity index (χ4v) is 15.1. The highest BCUT2D eigenvalue weighted by molar-refractivity contribution is 7.94. The molecule has 3 N–H and O–H groups in total. The molecule has 0 spiro atoms. The lowest BCUT2D eigenvalue weighted by Crippen LogP contribution is -2.55. The maximum atomic E-state index is 12.9. The van der Waals surface area contributed by atoms with Crippen LogP contribution >= 0.6 is 11.3 Å². The van der Waals surface area contributed by atoms with Gasteiger partial charge in [-0.1, -0.05) is 85.2 Å². The molecule has 3 aliphatic carbocycles. The number of aromatic nitrogens is 2. The van der Waals surface area contributed by atoms with E-state index >= 15 is 0 Å². The number of aliphatic carboxylic acids is 1. The van der Waals surface area contributed by atoms with Gasteiger partial charge >= 0.3 is 5.97 Å². The lowest BCUT2D eigenvalue weighted by Gasteiger charge is -2.40. The van der Waals surface area contributed by atoms with E-state index in [4.69, 9.17) is 4.52 Å². The number of carbonyl (C=O) groups excluding carboxylic acids is 2. The molecule has 0 atom stereocenters. The van der Waals surface area contributed by atoms with E-state index in [1.165, 1.54) is 39.0 Å². The number of carboxylic acid groups (broad SMARTS) is 1. The number of amides is 2. The van der Waals surface area contributed by atoms with Crippen molar-refractivity contribution >= 4 is 69.6 Å². The lowest BCUT2D eigenvalue weighted by atomic mass is 9.84. The molecule has 0 radical (unpaired) electrons. The SMILES string of the molecule is CC(C)(C)c1cc(NC(=O)C(C)(C)S(=O)(=O)C2CCCCC2)no1.Cc1nc(NC(=O)C(C)(C)S(=O)(=O)C(C)C)sc1C(C)(C)C.O=C(O)C1(S(=O)(=O)C2CCCCC2)CCC1. The molecule has 0 aliphatic heterocycles. The minimum atomic E-state index is -3.57. The summed E-state index contributed by atoms with van der Waals surface area (Å²) in [6.45, 7) is 23.0. The van der Waals surface area contributed by atoms with Crippen molar-refractivity contribution in [2.24, 2.45) is 0 Å². The van der Waals surface area contributed by atoms with E-state index in [0.29, 0.717) is 49.4 Å². The van der Waals surface area contributed by atoms with Crippen molar-refractivity contribution < 1.29 is 49.3 Å². The Kier molecular flexibility index (Phi) is 17.0. The molecular formula is C43H72N4O11S4. The predicted octanol–water partition coefficient (Wildman–Crippen LogP) is 8.47. The third-order valence-electron chi connectivity index (χ3n) is 12.4. The van der Waals surface area contributed by atoms with Crippen LogP contribution in [-0.2, 0) is 54.7 Å². The van der Waals surface area contributed by atoms with Crippen LogP contribution in [0.3, 0.4) is 0 Å². The number of anilines is 2. The molecule has 3 saturated carbocycles. The molecule has 2 heterocycles. The van der Waals surface area contributed by atoms with Crippen molar-refractivity contribution in [3.8, 4) is 0 Å². The van der Waals surface area contributed by atoms with Crippen LogP contribution in [0.5, 0.6) is 0 Å². The number of thiazole rings is 1. The van der Waals surface area contributed by atoms with E-state index in [9.17, 15) is 44.7 Å².